The Morgan fingerprint density at radius 1 is 1.27 bits per heavy atom. The SMILES string of the molecule is CC(C)c1nnc(Cn2ncc(Br)c2-c2ccc(F)cn2)s1. The number of rotatable bonds is 4. The fraction of sp³-hybridized carbons (Fsp3) is 0.286. The van der Waals surface area contributed by atoms with Crippen LogP contribution in [-0.4, -0.2) is 25.0 Å². The van der Waals surface area contributed by atoms with Crippen LogP contribution in [0.2, 0.25) is 0 Å². The third-order valence-electron chi connectivity index (χ3n) is 3.03. The second kappa shape index (κ2) is 6.21. The minimum absolute atomic E-state index is 0.355. The van der Waals surface area contributed by atoms with Gasteiger partial charge in [-0.25, -0.2) is 4.39 Å². The highest BCUT2D eigenvalue weighted by atomic mass is 79.9. The van der Waals surface area contributed by atoms with E-state index in [4.69, 9.17) is 0 Å². The fourth-order valence-corrected chi connectivity index (χ4v) is 3.27. The van der Waals surface area contributed by atoms with Gasteiger partial charge in [-0.2, -0.15) is 5.10 Å². The van der Waals surface area contributed by atoms with Gasteiger partial charge < -0.3 is 0 Å². The summed E-state index contributed by atoms with van der Waals surface area (Å²) >= 11 is 5.04. The van der Waals surface area contributed by atoms with Crippen molar-refractivity contribution >= 4 is 27.3 Å². The number of aromatic nitrogens is 5. The molecular weight excluding hydrogens is 369 g/mol. The van der Waals surface area contributed by atoms with Crippen molar-refractivity contribution in [2.75, 3.05) is 0 Å². The molecule has 0 bridgehead atoms. The molecule has 114 valence electrons. The monoisotopic (exact) mass is 381 g/mol. The van der Waals surface area contributed by atoms with Crippen LogP contribution in [-0.2, 0) is 6.54 Å². The summed E-state index contributed by atoms with van der Waals surface area (Å²) in [5.74, 6) is -0.00882. The van der Waals surface area contributed by atoms with Crippen LogP contribution in [0, 0.1) is 5.82 Å². The van der Waals surface area contributed by atoms with Crippen molar-refractivity contribution in [3.05, 3.63) is 44.8 Å². The Morgan fingerprint density at radius 2 is 2.09 bits per heavy atom. The van der Waals surface area contributed by atoms with Gasteiger partial charge in [-0.05, 0) is 28.1 Å². The molecule has 22 heavy (non-hydrogen) atoms. The van der Waals surface area contributed by atoms with Gasteiger partial charge in [0.15, 0.2) is 0 Å². The number of hydrogen-bond acceptors (Lipinski definition) is 5. The van der Waals surface area contributed by atoms with Crippen molar-refractivity contribution in [1.29, 1.82) is 0 Å². The molecule has 0 aliphatic heterocycles. The molecule has 0 atom stereocenters. The van der Waals surface area contributed by atoms with Crippen LogP contribution >= 0.6 is 27.3 Å². The van der Waals surface area contributed by atoms with Crippen molar-refractivity contribution in [1.82, 2.24) is 25.0 Å². The average Bonchev–Trinajstić information content (AvgIpc) is 3.08. The molecule has 3 heterocycles. The van der Waals surface area contributed by atoms with E-state index in [0.717, 1.165) is 20.2 Å². The van der Waals surface area contributed by atoms with Crippen molar-refractivity contribution in [3.8, 4) is 11.4 Å². The Balaban J connectivity index is 1.93. The fourth-order valence-electron chi connectivity index (χ4n) is 1.94. The lowest BCUT2D eigenvalue weighted by molar-refractivity contribution is 0.621. The summed E-state index contributed by atoms with van der Waals surface area (Å²) in [5.41, 5.74) is 1.45. The lowest BCUT2D eigenvalue weighted by atomic mass is 10.2. The lowest BCUT2D eigenvalue weighted by Gasteiger charge is -2.05. The summed E-state index contributed by atoms with van der Waals surface area (Å²) in [4.78, 5) is 4.12. The van der Waals surface area contributed by atoms with Crippen molar-refractivity contribution in [3.63, 3.8) is 0 Å². The number of hydrogen-bond donors (Lipinski definition) is 0. The van der Waals surface area contributed by atoms with Gasteiger partial charge >= 0.3 is 0 Å². The van der Waals surface area contributed by atoms with Crippen LogP contribution in [0.5, 0.6) is 0 Å². The number of halogens is 2. The van der Waals surface area contributed by atoms with Gasteiger partial charge in [-0.15, -0.1) is 10.2 Å². The van der Waals surface area contributed by atoms with Crippen LogP contribution in [0.3, 0.4) is 0 Å². The Bertz CT molecular complexity index is 781. The largest absolute Gasteiger partial charge is 0.255 e. The molecule has 0 aliphatic carbocycles. The van der Waals surface area contributed by atoms with E-state index in [-0.39, 0.29) is 5.82 Å². The van der Waals surface area contributed by atoms with E-state index in [0.29, 0.717) is 18.2 Å². The zero-order valence-electron chi connectivity index (χ0n) is 12.0. The van der Waals surface area contributed by atoms with Gasteiger partial charge in [0.25, 0.3) is 0 Å². The summed E-state index contributed by atoms with van der Waals surface area (Å²) in [6.45, 7) is 4.68. The molecule has 0 fully saturated rings. The molecule has 0 amide bonds. The van der Waals surface area contributed by atoms with Crippen LogP contribution < -0.4 is 0 Å². The molecule has 0 saturated carbocycles. The summed E-state index contributed by atoms with van der Waals surface area (Å²) in [5, 5.41) is 14.6. The van der Waals surface area contributed by atoms with E-state index in [9.17, 15) is 4.39 Å². The zero-order valence-corrected chi connectivity index (χ0v) is 14.4. The van der Waals surface area contributed by atoms with Crippen LogP contribution in [0.4, 0.5) is 4.39 Å². The van der Waals surface area contributed by atoms with Gasteiger partial charge in [0, 0.05) is 5.92 Å². The van der Waals surface area contributed by atoms with Crippen LogP contribution in [0.1, 0.15) is 29.8 Å². The molecule has 8 heteroatoms. The summed E-state index contributed by atoms with van der Waals surface area (Å²) in [6.07, 6.45) is 2.89. The maximum absolute atomic E-state index is 13.0. The van der Waals surface area contributed by atoms with E-state index in [1.165, 1.54) is 12.3 Å². The second-order valence-electron chi connectivity index (χ2n) is 5.05. The normalized spacial score (nSPS) is 11.3. The number of pyridine rings is 1. The molecule has 0 spiro atoms. The highest BCUT2D eigenvalue weighted by Gasteiger charge is 2.15. The Labute approximate surface area is 139 Å². The van der Waals surface area contributed by atoms with Crippen molar-refractivity contribution in [2.24, 2.45) is 0 Å². The zero-order chi connectivity index (χ0) is 15.7. The van der Waals surface area contributed by atoms with Gasteiger partial charge in [0.05, 0.1) is 29.1 Å². The number of nitrogens with zero attached hydrogens (tertiary/aromatic N) is 5. The van der Waals surface area contributed by atoms with E-state index in [2.05, 4.69) is 50.1 Å². The van der Waals surface area contributed by atoms with Crippen molar-refractivity contribution < 1.29 is 4.39 Å². The third kappa shape index (κ3) is 3.07. The van der Waals surface area contributed by atoms with Gasteiger partial charge in [0.1, 0.15) is 21.5 Å². The predicted octanol–water partition coefficient (Wildman–Crippen LogP) is 3.87. The molecular formula is C14H13BrFN5S. The first-order valence-electron chi connectivity index (χ1n) is 6.70. The van der Waals surface area contributed by atoms with E-state index in [1.54, 1.807) is 28.3 Å². The molecule has 0 radical (unpaired) electrons. The summed E-state index contributed by atoms with van der Waals surface area (Å²) in [6, 6.07) is 3.02. The van der Waals surface area contributed by atoms with E-state index >= 15 is 0 Å². The third-order valence-corrected chi connectivity index (χ3v) is 4.82. The summed E-state index contributed by atoms with van der Waals surface area (Å²) < 4.78 is 15.6. The highest BCUT2D eigenvalue weighted by molar-refractivity contribution is 9.10. The van der Waals surface area contributed by atoms with Crippen LogP contribution in [0.25, 0.3) is 11.4 Å². The van der Waals surface area contributed by atoms with Gasteiger partial charge in [-0.1, -0.05) is 25.2 Å². The Kier molecular flexibility index (Phi) is 4.30. The topological polar surface area (TPSA) is 56.5 Å². The van der Waals surface area contributed by atoms with E-state index in [1.807, 2.05) is 0 Å². The molecule has 0 N–H and O–H groups in total. The van der Waals surface area contributed by atoms with Gasteiger partial charge in [-0.3, -0.25) is 9.67 Å². The molecule has 0 aliphatic rings. The maximum Gasteiger partial charge on any atom is 0.141 e. The molecule has 0 aromatic carbocycles. The quantitative estimate of drug-likeness (QED) is 0.688. The first-order valence-corrected chi connectivity index (χ1v) is 8.31. The average molecular weight is 382 g/mol. The minimum atomic E-state index is -0.364. The Morgan fingerprint density at radius 3 is 2.73 bits per heavy atom. The molecule has 0 saturated heterocycles. The molecule has 3 aromatic rings. The second-order valence-corrected chi connectivity index (χ2v) is 7.00. The standard InChI is InChI=1S/C14H13BrFN5S/c1-8(2)14-20-19-12(22-14)7-21-13(10(15)6-18-21)11-4-3-9(16)5-17-11/h3-6,8H,7H2,1-2H3. The Hall–Kier alpha value is -1.67. The molecule has 3 rings (SSSR count). The smallest absolute Gasteiger partial charge is 0.141 e. The molecule has 0 unspecified atom stereocenters. The van der Waals surface area contributed by atoms with Gasteiger partial charge in [0.2, 0.25) is 0 Å². The lowest BCUT2D eigenvalue weighted by Crippen LogP contribution is -2.04. The molecule has 5 nitrogen and oxygen atoms in total. The summed E-state index contributed by atoms with van der Waals surface area (Å²) in [7, 11) is 0. The highest BCUT2D eigenvalue weighted by Crippen LogP contribution is 2.28. The molecule has 3 aromatic heterocycles. The maximum atomic E-state index is 13.0. The first kappa shape index (κ1) is 15.2. The minimum Gasteiger partial charge on any atom is -0.255 e. The predicted molar refractivity (Wildman–Crippen MR) is 86.2 cm³/mol. The first-order chi connectivity index (χ1) is 10.5. The van der Waals surface area contributed by atoms with E-state index < -0.39 is 0 Å². The van der Waals surface area contributed by atoms with Crippen molar-refractivity contribution in [2.45, 2.75) is 26.3 Å². The van der Waals surface area contributed by atoms with Crippen LogP contribution in [0.15, 0.2) is 29.0 Å².